The standard InChI is InChI=1S/C12H16BrNO2S/c1-12(16,8-17-2)7-14-11(15)9-3-5-10(13)6-4-9/h3-6,16H,7-8H2,1-2H3,(H,14,15)/t12-/m1/s1. The summed E-state index contributed by atoms with van der Waals surface area (Å²) in [6.07, 6.45) is 1.92. The number of halogens is 1. The zero-order chi connectivity index (χ0) is 12.9. The highest BCUT2D eigenvalue weighted by Gasteiger charge is 2.20. The van der Waals surface area contributed by atoms with Crippen molar-refractivity contribution in [3.05, 3.63) is 34.3 Å². The van der Waals surface area contributed by atoms with Crippen molar-refractivity contribution in [1.29, 1.82) is 0 Å². The van der Waals surface area contributed by atoms with Gasteiger partial charge in [0.1, 0.15) is 0 Å². The van der Waals surface area contributed by atoms with Gasteiger partial charge in [0.15, 0.2) is 0 Å². The Bertz CT molecular complexity index is 379. The number of carbonyl (C=O) groups is 1. The van der Waals surface area contributed by atoms with Crippen LogP contribution in [0, 0.1) is 0 Å². The van der Waals surface area contributed by atoms with Crippen LogP contribution in [0.2, 0.25) is 0 Å². The summed E-state index contributed by atoms with van der Waals surface area (Å²) in [4.78, 5) is 11.8. The first kappa shape index (κ1) is 14.5. The maximum atomic E-state index is 11.8. The molecular formula is C12H16BrNO2S. The lowest BCUT2D eigenvalue weighted by Crippen LogP contribution is -2.42. The van der Waals surface area contributed by atoms with Crippen LogP contribution >= 0.6 is 27.7 Å². The van der Waals surface area contributed by atoms with Crippen LogP contribution in [0.5, 0.6) is 0 Å². The molecule has 1 amide bonds. The highest BCUT2D eigenvalue weighted by atomic mass is 79.9. The van der Waals surface area contributed by atoms with Crippen molar-refractivity contribution in [2.24, 2.45) is 0 Å². The number of amides is 1. The highest BCUT2D eigenvalue weighted by molar-refractivity contribution is 9.10. The molecule has 1 aromatic rings. The first-order valence-electron chi connectivity index (χ1n) is 5.20. The average Bonchev–Trinajstić information content (AvgIpc) is 2.27. The topological polar surface area (TPSA) is 49.3 Å². The molecule has 94 valence electrons. The van der Waals surface area contributed by atoms with Crippen LogP contribution in [0.4, 0.5) is 0 Å². The van der Waals surface area contributed by atoms with E-state index >= 15 is 0 Å². The summed E-state index contributed by atoms with van der Waals surface area (Å²) in [5.41, 5.74) is -0.280. The molecule has 0 heterocycles. The van der Waals surface area contributed by atoms with Crippen molar-refractivity contribution < 1.29 is 9.90 Å². The van der Waals surface area contributed by atoms with Gasteiger partial charge in [0.05, 0.1) is 5.60 Å². The molecule has 0 aromatic heterocycles. The molecule has 0 radical (unpaired) electrons. The normalized spacial score (nSPS) is 14.1. The van der Waals surface area contributed by atoms with Crippen molar-refractivity contribution in [3.63, 3.8) is 0 Å². The molecule has 0 saturated heterocycles. The van der Waals surface area contributed by atoms with E-state index in [0.29, 0.717) is 11.3 Å². The lowest BCUT2D eigenvalue weighted by atomic mass is 10.1. The second kappa shape index (κ2) is 6.42. The van der Waals surface area contributed by atoms with Crippen LogP contribution in [-0.2, 0) is 0 Å². The van der Waals surface area contributed by atoms with Gasteiger partial charge in [-0.25, -0.2) is 0 Å². The number of nitrogens with one attached hydrogen (secondary N) is 1. The Labute approximate surface area is 114 Å². The minimum Gasteiger partial charge on any atom is -0.387 e. The predicted molar refractivity (Wildman–Crippen MR) is 75.5 cm³/mol. The lowest BCUT2D eigenvalue weighted by molar-refractivity contribution is 0.0725. The van der Waals surface area contributed by atoms with E-state index in [0.717, 1.165) is 4.47 Å². The fraction of sp³-hybridized carbons (Fsp3) is 0.417. The Morgan fingerprint density at radius 3 is 2.59 bits per heavy atom. The summed E-state index contributed by atoms with van der Waals surface area (Å²) >= 11 is 4.86. The maximum Gasteiger partial charge on any atom is 0.251 e. The molecule has 5 heteroatoms. The molecule has 1 atom stereocenters. The third-order valence-corrected chi connectivity index (χ3v) is 3.63. The van der Waals surface area contributed by atoms with E-state index in [4.69, 9.17) is 0 Å². The van der Waals surface area contributed by atoms with Crippen LogP contribution < -0.4 is 5.32 Å². The molecular weight excluding hydrogens is 302 g/mol. The minimum absolute atomic E-state index is 0.168. The zero-order valence-corrected chi connectivity index (χ0v) is 12.3. The Hall–Kier alpha value is -0.520. The summed E-state index contributed by atoms with van der Waals surface area (Å²) in [7, 11) is 0. The summed E-state index contributed by atoms with van der Waals surface area (Å²) in [5.74, 6) is 0.423. The van der Waals surface area contributed by atoms with Gasteiger partial charge in [0.2, 0.25) is 0 Å². The third kappa shape index (κ3) is 5.10. The summed E-state index contributed by atoms with van der Waals surface area (Å²) in [6.45, 7) is 1.97. The third-order valence-electron chi connectivity index (χ3n) is 2.19. The van der Waals surface area contributed by atoms with Crippen LogP contribution in [0.25, 0.3) is 0 Å². The molecule has 0 spiro atoms. The van der Waals surface area contributed by atoms with Crippen molar-refractivity contribution in [2.45, 2.75) is 12.5 Å². The van der Waals surface area contributed by atoms with Crippen LogP contribution in [-0.4, -0.2) is 35.2 Å². The number of hydrogen-bond acceptors (Lipinski definition) is 3. The van der Waals surface area contributed by atoms with Gasteiger partial charge in [-0.15, -0.1) is 0 Å². The molecule has 0 unspecified atom stereocenters. The van der Waals surface area contributed by atoms with Crippen LogP contribution in [0.3, 0.4) is 0 Å². The number of benzene rings is 1. The van der Waals surface area contributed by atoms with Gasteiger partial charge in [-0.2, -0.15) is 11.8 Å². The molecule has 3 nitrogen and oxygen atoms in total. The van der Waals surface area contributed by atoms with E-state index in [1.165, 1.54) is 0 Å². The number of aliphatic hydroxyl groups is 1. The van der Waals surface area contributed by atoms with Crippen molar-refractivity contribution >= 4 is 33.6 Å². The fourth-order valence-corrected chi connectivity index (χ4v) is 2.32. The summed E-state index contributed by atoms with van der Waals surface area (Å²) in [6, 6.07) is 7.11. The van der Waals surface area contributed by atoms with Crippen LogP contribution in [0.1, 0.15) is 17.3 Å². The van der Waals surface area contributed by atoms with Gasteiger partial charge < -0.3 is 10.4 Å². The molecule has 0 aliphatic heterocycles. The molecule has 0 fully saturated rings. The monoisotopic (exact) mass is 317 g/mol. The maximum absolute atomic E-state index is 11.8. The molecule has 1 aromatic carbocycles. The van der Waals surface area contributed by atoms with Gasteiger partial charge in [-0.1, -0.05) is 15.9 Å². The Morgan fingerprint density at radius 2 is 2.06 bits per heavy atom. The molecule has 2 N–H and O–H groups in total. The summed E-state index contributed by atoms with van der Waals surface area (Å²) < 4.78 is 0.934. The SMILES string of the molecule is CSC[C@](C)(O)CNC(=O)c1ccc(Br)cc1. The van der Waals surface area contributed by atoms with E-state index in [1.54, 1.807) is 30.8 Å². The van der Waals surface area contributed by atoms with E-state index in [1.807, 2.05) is 18.4 Å². The summed E-state index contributed by atoms with van der Waals surface area (Å²) in [5, 5.41) is 12.6. The number of thioether (sulfide) groups is 1. The Balaban J connectivity index is 2.53. The number of rotatable bonds is 5. The van der Waals surface area contributed by atoms with E-state index in [2.05, 4.69) is 21.2 Å². The minimum atomic E-state index is -0.871. The van der Waals surface area contributed by atoms with Gasteiger partial charge in [0, 0.05) is 22.3 Å². The second-order valence-electron chi connectivity index (χ2n) is 4.12. The van der Waals surface area contributed by atoms with Crippen molar-refractivity contribution in [2.75, 3.05) is 18.6 Å². The van der Waals surface area contributed by atoms with Gasteiger partial charge in [0.25, 0.3) is 5.91 Å². The number of carbonyl (C=O) groups excluding carboxylic acids is 1. The Morgan fingerprint density at radius 1 is 1.47 bits per heavy atom. The molecule has 0 saturated carbocycles. The molecule has 0 aliphatic rings. The fourth-order valence-electron chi connectivity index (χ4n) is 1.34. The highest BCUT2D eigenvalue weighted by Crippen LogP contribution is 2.12. The molecule has 1 rings (SSSR count). The quantitative estimate of drug-likeness (QED) is 0.876. The van der Waals surface area contributed by atoms with Crippen molar-refractivity contribution in [3.8, 4) is 0 Å². The number of hydrogen-bond donors (Lipinski definition) is 2. The molecule has 0 bridgehead atoms. The largest absolute Gasteiger partial charge is 0.387 e. The van der Waals surface area contributed by atoms with Crippen molar-refractivity contribution in [1.82, 2.24) is 5.32 Å². The smallest absolute Gasteiger partial charge is 0.251 e. The second-order valence-corrected chi connectivity index (χ2v) is 5.90. The van der Waals surface area contributed by atoms with E-state index in [9.17, 15) is 9.90 Å². The van der Waals surface area contributed by atoms with Gasteiger partial charge in [-0.3, -0.25) is 4.79 Å². The van der Waals surface area contributed by atoms with Crippen LogP contribution in [0.15, 0.2) is 28.7 Å². The zero-order valence-electron chi connectivity index (χ0n) is 9.87. The predicted octanol–water partition coefficient (Wildman–Crippen LogP) is 2.29. The first-order valence-corrected chi connectivity index (χ1v) is 7.38. The van der Waals surface area contributed by atoms with E-state index in [-0.39, 0.29) is 12.5 Å². The Kier molecular flexibility index (Phi) is 5.49. The van der Waals surface area contributed by atoms with Gasteiger partial charge >= 0.3 is 0 Å². The first-order chi connectivity index (χ1) is 7.94. The van der Waals surface area contributed by atoms with E-state index < -0.39 is 5.60 Å². The average molecular weight is 318 g/mol. The molecule has 17 heavy (non-hydrogen) atoms. The van der Waals surface area contributed by atoms with Gasteiger partial charge in [-0.05, 0) is 37.4 Å². The lowest BCUT2D eigenvalue weighted by Gasteiger charge is -2.22. The molecule has 0 aliphatic carbocycles.